The summed E-state index contributed by atoms with van der Waals surface area (Å²) in [4.78, 5) is 0. The molecule has 5 heteroatoms. The Balaban J connectivity index is 1.83. The lowest BCUT2D eigenvalue weighted by atomic mass is 10.0. The first kappa shape index (κ1) is 16.2. The molecule has 1 saturated heterocycles. The zero-order valence-corrected chi connectivity index (χ0v) is 12.9. The van der Waals surface area contributed by atoms with Crippen molar-refractivity contribution in [3.8, 4) is 5.75 Å². The van der Waals surface area contributed by atoms with Gasteiger partial charge in [-0.25, -0.2) is 0 Å². The highest BCUT2D eigenvalue weighted by Crippen LogP contribution is 2.25. The topological polar surface area (TPSA) is 57.2 Å². The average molecular weight is 296 g/mol. The van der Waals surface area contributed by atoms with Gasteiger partial charge in [0.25, 0.3) is 0 Å². The maximum atomic E-state index is 9.58. The zero-order valence-electron chi connectivity index (χ0n) is 12.9. The third-order valence-corrected chi connectivity index (χ3v) is 3.53. The van der Waals surface area contributed by atoms with Crippen molar-refractivity contribution < 1.29 is 24.1 Å². The fraction of sp³-hybridized carbons (Fsp3) is 0.625. The van der Waals surface area contributed by atoms with Gasteiger partial charge < -0.3 is 24.1 Å². The molecule has 0 aliphatic carbocycles. The van der Waals surface area contributed by atoms with E-state index in [-0.39, 0.29) is 12.2 Å². The van der Waals surface area contributed by atoms with Gasteiger partial charge in [-0.05, 0) is 31.5 Å². The Morgan fingerprint density at radius 1 is 1.14 bits per heavy atom. The summed E-state index contributed by atoms with van der Waals surface area (Å²) in [6.45, 7) is 5.34. The van der Waals surface area contributed by atoms with Crippen LogP contribution >= 0.6 is 0 Å². The van der Waals surface area contributed by atoms with Crippen LogP contribution in [0.5, 0.6) is 5.75 Å². The number of hydrogen-bond donors (Lipinski definition) is 1. The van der Waals surface area contributed by atoms with Crippen molar-refractivity contribution in [3.05, 3.63) is 29.8 Å². The molecule has 0 spiro atoms. The average Bonchev–Trinajstić information content (AvgIpc) is 2.50. The van der Waals surface area contributed by atoms with E-state index in [1.165, 1.54) is 0 Å². The lowest BCUT2D eigenvalue weighted by Gasteiger charge is -2.42. The maximum absolute atomic E-state index is 9.58. The molecule has 1 aliphatic rings. The number of rotatable bonds is 6. The molecule has 1 heterocycles. The van der Waals surface area contributed by atoms with Crippen LogP contribution in [0.25, 0.3) is 0 Å². The Bertz CT molecular complexity index is 430. The maximum Gasteiger partial charge on any atom is 0.138 e. The summed E-state index contributed by atoms with van der Waals surface area (Å²) in [5, 5.41) is 9.58. The van der Waals surface area contributed by atoms with Crippen LogP contribution in [0.15, 0.2) is 24.3 Å². The van der Waals surface area contributed by atoms with Crippen LogP contribution in [0.4, 0.5) is 0 Å². The van der Waals surface area contributed by atoms with Crippen molar-refractivity contribution in [2.75, 3.05) is 33.5 Å². The van der Waals surface area contributed by atoms with Crippen molar-refractivity contribution in [2.24, 2.45) is 0 Å². The van der Waals surface area contributed by atoms with Crippen LogP contribution in [0.3, 0.4) is 0 Å². The minimum absolute atomic E-state index is 0.119. The van der Waals surface area contributed by atoms with E-state index in [0.29, 0.717) is 26.4 Å². The molecular weight excluding hydrogens is 272 g/mol. The van der Waals surface area contributed by atoms with Gasteiger partial charge in [-0.3, -0.25) is 0 Å². The fourth-order valence-corrected chi connectivity index (χ4v) is 2.03. The lowest BCUT2D eigenvalue weighted by molar-refractivity contribution is -0.250. The van der Waals surface area contributed by atoms with E-state index in [0.717, 1.165) is 11.3 Å². The molecule has 1 aliphatic heterocycles. The predicted octanol–water partition coefficient (Wildman–Crippen LogP) is 1.77. The van der Waals surface area contributed by atoms with Crippen LogP contribution in [0.2, 0.25) is 0 Å². The molecule has 21 heavy (non-hydrogen) atoms. The van der Waals surface area contributed by atoms with E-state index in [2.05, 4.69) is 0 Å². The summed E-state index contributed by atoms with van der Waals surface area (Å²) in [7, 11) is 1.64. The Morgan fingerprint density at radius 3 is 2.38 bits per heavy atom. The normalized spacial score (nSPS) is 24.8. The standard InChI is InChI=1S/C16H24O5/c1-15(2)10-21-16(9-17,12-20-15)11-19-8-13-4-6-14(18-3)7-5-13/h4-7,17H,8-12H2,1-3H3. The number of hydrogen-bond acceptors (Lipinski definition) is 5. The summed E-state index contributed by atoms with van der Waals surface area (Å²) in [6.07, 6.45) is 0. The number of benzene rings is 1. The van der Waals surface area contributed by atoms with Gasteiger partial charge in [0.2, 0.25) is 0 Å². The Hall–Kier alpha value is -1.14. The predicted molar refractivity (Wildman–Crippen MR) is 78.4 cm³/mol. The van der Waals surface area contributed by atoms with E-state index in [1.807, 2.05) is 38.1 Å². The second-order valence-electron chi connectivity index (χ2n) is 6.02. The van der Waals surface area contributed by atoms with E-state index >= 15 is 0 Å². The van der Waals surface area contributed by atoms with Gasteiger partial charge in [0.15, 0.2) is 0 Å². The van der Waals surface area contributed by atoms with E-state index in [9.17, 15) is 5.11 Å². The van der Waals surface area contributed by atoms with Gasteiger partial charge in [0.1, 0.15) is 11.4 Å². The van der Waals surface area contributed by atoms with Gasteiger partial charge in [-0.2, -0.15) is 0 Å². The smallest absolute Gasteiger partial charge is 0.138 e. The van der Waals surface area contributed by atoms with E-state index in [4.69, 9.17) is 18.9 Å². The first-order valence-electron chi connectivity index (χ1n) is 7.08. The van der Waals surface area contributed by atoms with Crippen molar-refractivity contribution in [1.29, 1.82) is 0 Å². The second-order valence-corrected chi connectivity index (χ2v) is 6.02. The van der Waals surface area contributed by atoms with Crippen molar-refractivity contribution >= 4 is 0 Å². The van der Waals surface area contributed by atoms with E-state index < -0.39 is 5.60 Å². The molecule has 2 rings (SSSR count). The number of methoxy groups -OCH3 is 1. The molecule has 1 atom stereocenters. The van der Waals surface area contributed by atoms with Gasteiger partial charge in [-0.15, -0.1) is 0 Å². The molecule has 5 nitrogen and oxygen atoms in total. The number of aliphatic hydroxyl groups is 1. The summed E-state index contributed by atoms with van der Waals surface area (Å²) in [6, 6.07) is 7.68. The highest BCUT2D eigenvalue weighted by atomic mass is 16.6. The van der Waals surface area contributed by atoms with Crippen molar-refractivity contribution in [1.82, 2.24) is 0 Å². The van der Waals surface area contributed by atoms with Crippen LogP contribution in [0.1, 0.15) is 19.4 Å². The van der Waals surface area contributed by atoms with Crippen molar-refractivity contribution in [3.63, 3.8) is 0 Å². The molecule has 0 radical (unpaired) electrons. The Labute approximate surface area is 125 Å². The Kier molecular flexibility index (Phi) is 5.22. The van der Waals surface area contributed by atoms with Crippen LogP contribution < -0.4 is 4.74 Å². The summed E-state index contributed by atoms with van der Waals surface area (Å²) in [5.74, 6) is 0.817. The summed E-state index contributed by atoms with van der Waals surface area (Å²) in [5.41, 5.74) is -0.0302. The van der Waals surface area contributed by atoms with Gasteiger partial charge in [-0.1, -0.05) is 12.1 Å². The first-order chi connectivity index (χ1) is 9.99. The first-order valence-corrected chi connectivity index (χ1v) is 7.08. The van der Waals surface area contributed by atoms with Crippen LogP contribution in [-0.2, 0) is 20.8 Å². The minimum Gasteiger partial charge on any atom is -0.497 e. The third-order valence-electron chi connectivity index (χ3n) is 3.53. The minimum atomic E-state index is -0.762. The second kappa shape index (κ2) is 6.75. The SMILES string of the molecule is COc1ccc(COCC2(CO)COC(C)(C)CO2)cc1. The molecule has 1 fully saturated rings. The van der Waals surface area contributed by atoms with Gasteiger partial charge >= 0.3 is 0 Å². The number of aliphatic hydroxyl groups excluding tert-OH is 1. The zero-order chi connectivity index (χ0) is 15.3. The Morgan fingerprint density at radius 2 is 1.86 bits per heavy atom. The molecule has 0 amide bonds. The van der Waals surface area contributed by atoms with Gasteiger partial charge in [0.05, 0.1) is 45.7 Å². The molecule has 1 aromatic rings. The van der Waals surface area contributed by atoms with Crippen LogP contribution in [0, 0.1) is 0 Å². The molecule has 1 unspecified atom stereocenters. The molecule has 0 bridgehead atoms. The molecule has 1 N–H and O–H groups in total. The monoisotopic (exact) mass is 296 g/mol. The fourth-order valence-electron chi connectivity index (χ4n) is 2.03. The van der Waals surface area contributed by atoms with E-state index in [1.54, 1.807) is 7.11 Å². The third kappa shape index (κ3) is 4.41. The highest BCUT2D eigenvalue weighted by Gasteiger charge is 2.40. The highest BCUT2D eigenvalue weighted by molar-refractivity contribution is 5.26. The molecule has 1 aromatic carbocycles. The van der Waals surface area contributed by atoms with Crippen LogP contribution in [-0.4, -0.2) is 49.8 Å². The molecule has 0 saturated carbocycles. The molecular formula is C16H24O5. The quantitative estimate of drug-likeness (QED) is 0.867. The lowest BCUT2D eigenvalue weighted by Crippen LogP contribution is -2.55. The van der Waals surface area contributed by atoms with Crippen molar-refractivity contribution in [2.45, 2.75) is 31.7 Å². The largest absolute Gasteiger partial charge is 0.497 e. The molecule has 118 valence electrons. The molecule has 0 aromatic heterocycles. The summed E-state index contributed by atoms with van der Waals surface area (Å²) >= 11 is 0. The number of ether oxygens (including phenoxy) is 4. The van der Waals surface area contributed by atoms with Gasteiger partial charge in [0, 0.05) is 0 Å². The summed E-state index contributed by atoms with van der Waals surface area (Å²) < 4.78 is 22.3.